The maximum atomic E-state index is 13.7. The van der Waals surface area contributed by atoms with Crippen molar-refractivity contribution in [3.63, 3.8) is 0 Å². The van der Waals surface area contributed by atoms with Crippen molar-refractivity contribution in [1.29, 1.82) is 0 Å². The number of benzene rings is 1. The molecule has 0 radical (unpaired) electrons. The molecule has 0 aliphatic carbocycles. The van der Waals surface area contributed by atoms with Gasteiger partial charge in [0, 0.05) is 13.0 Å². The zero-order valence-electron chi connectivity index (χ0n) is 24.5. The van der Waals surface area contributed by atoms with E-state index in [9.17, 15) is 29.1 Å². The number of carboxylic acid groups (broad SMARTS) is 1. The molecule has 0 unspecified atom stereocenters. The molecule has 0 aromatic heterocycles. The summed E-state index contributed by atoms with van der Waals surface area (Å²) in [4.78, 5) is 66.9. The Hall–Kier alpha value is -3.47. The summed E-state index contributed by atoms with van der Waals surface area (Å²) in [5.41, 5.74) is 0.817. The summed E-state index contributed by atoms with van der Waals surface area (Å²) in [5.74, 6) is -3.43. The van der Waals surface area contributed by atoms with E-state index in [4.69, 9.17) is 0 Å². The van der Waals surface area contributed by atoms with Gasteiger partial charge in [-0.15, -0.1) is 0 Å². The number of hydrogen-bond donors (Lipinski definition) is 5. The Morgan fingerprint density at radius 3 is 2.22 bits per heavy atom. The molecule has 0 saturated carbocycles. The SMILES string of the molecule is CC[C@H](C)[C@H](NC(=O)[C@H](Cc1ccccc1)NC(=O)[C@@H]1CCCN1C(=O)[C@@H]1CCCN1)C(=O)N[C@H](C(=O)O)C(C)C. The van der Waals surface area contributed by atoms with Gasteiger partial charge >= 0.3 is 5.97 Å². The van der Waals surface area contributed by atoms with Crippen LogP contribution in [0, 0.1) is 11.8 Å². The first-order chi connectivity index (χ1) is 19.5. The van der Waals surface area contributed by atoms with Gasteiger partial charge in [0.1, 0.15) is 24.2 Å². The van der Waals surface area contributed by atoms with Crippen LogP contribution < -0.4 is 21.3 Å². The summed E-state index contributed by atoms with van der Waals surface area (Å²) < 4.78 is 0. The van der Waals surface area contributed by atoms with Crippen LogP contribution in [0.1, 0.15) is 65.4 Å². The Balaban J connectivity index is 1.79. The molecule has 0 spiro atoms. The minimum atomic E-state index is -1.15. The Kier molecular flexibility index (Phi) is 11.7. The third-order valence-corrected chi connectivity index (χ3v) is 8.14. The van der Waals surface area contributed by atoms with E-state index in [1.807, 2.05) is 37.3 Å². The normalized spacial score (nSPS) is 21.5. The average Bonchev–Trinajstić information content (AvgIpc) is 3.66. The first kappa shape index (κ1) is 32.0. The molecule has 2 aliphatic heterocycles. The molecular weight excluding hydrogens is 526 g/mol. The van der Waals surface area contributed by atoms with Gasteiger partial charge in [-0.3, -0.25) is 19.2 Å². The van der Waals surface area contributed by atoms with Crippen LogP contribution >= 0.6 is 0 Å². The Bertz CT molecular complexity index is 1070. The van der Waals surface area contributed by atoms with Crippen molar-refractivity contribution in [1.82, 2.24) is 26.2 Å². The monoisotopic (exact) mass is 571 g/mol. The molecule has 6 atom stereocenters. The number of carbonyl (C=O) groups is 5. The molecule has 2 fully saturated rings. The molecule has 1 aromatic carbocycles. The van der Waals surface area contributed by atoms with E-state index < -0.39 is 47.9 Å². The van der Waals surface area contributed by atoms with E-state index in [-0.39, 0.29) is 30.2 Å². The van der Waals surface area contributed by atoms with Crippen molar-refractivity contribution in [3.8, 4) is 0 Å². The fourth-order valence-corrected chi connectivity index (χ4v) is 5.44. The number of carboxylic acids is 1. The summed E-state index contributed by atoms with van der Waals surface area (Å²) in [5, 5.41) is 21.0. The maximum Gasteiger partial charge on any atom is 0.326 e. The zero-order chi connectivity index (χ0) is 30.1. The lowest BCUT2D eigenvalue weighted by Crippen LogP contribution is -2.60. The molecule has 2 heterocycles. The highest BCUT2D eigenvalue weighted by molar-refractivity contribution is 5.96. The maximum absolute atomic E-state index is 13.7. The molecule has 2 aliphatic rings. The third kappa shape index (κ3) is 8.51. The first-order valence-electron chi connectivity index (χ1n) is 14.7. The predicted molar refractivity (Wildman–Crippen MR) is 154 cm³/mol. The number of nitrogens with one attached hydrogen (secondary N) is 4. The van der Waals surface area contributed by atoms with Crippen LogP contribution in [0.2, 0.25) is 0 Å². The number of aliphatic carboxylic acids is 1. The molecule has 226 valence electrons. The van der Waals surface area contributed by atoms with E-state index in [1.165, 1.54) is 0 Å². The number of amides is 4. The Morgan fingerprint density at radius 1 is 0.951 bits per heavy atom. The minimum Gasteiger partial charge on any atom is -0.480 e. The van der Waals surface area contributed by atoms with Crippen LogP contribution in [0.15, 0.2) is 30.3 Å². The molecule has 2 saturated heterocycles. The van der Waals surface area contributed by atoms with Gasteiger partial charge in [-0.1, -0.05) is 64.4 Å². The third-order valence-electron chi connectivity index (χ3n) is 8.14. The van der Waals surface area contributed by atoms with Gasteiger partial charge in [-0.2, -0.15) is 0 Å². The smallest absolute Gasteiger partial charge is 0.326 e. The van der Waals surface area contributed by atoms with Gasteiger partial charge < -0.3 is 31.3 Å². The van der Waals surface area contributed by atoms with E-state index in [2.05, 4.69) is 21.3 Å². The summed E-state index contributed by atoms with van der Waals surface area (Å²) in [7, 11) is 0. The van der Waals surface area contributed by atoms with Crippen molar-refractivity contribution in [2.75, 3.05) is 13.1 Å². The van der Waals surface area contributed by atoms with Crippen LogP contribution in [-0.4, -0.2) is 82.9 Å². The van der Waals surface area contributed by atoms with Crippen molar-refractivity contribution < 1.29 is 29.1 Å². The van der Waals surface area contributed by atoms with Crippen LogP contribution in [0.25, 0.3) is 0 Å². The molecule has 11 heteroatoms. The fourth-order valence-electron chi connectivity index (χ4n) is 5.44. The molecule has 11 nitrogen and oxygen atoms in total. The number of nitrogens with zero attached hydrogens (tertiary/aromatic N) is 1. The molecule has 3 rings (SSSR count). The van der Waals surface area contributed by atoms with E-state index in [1.54, 1.807) is 25.7 Å². The topological polar surface area (TPSA) is 157 Å². The highest BCUT2D eigenvalue weighted by atomic mass is 16.4. The quantitative estimate of drug-likeness (QED) is 0.238. The van der Waals surface area contributed by atoms with Crippen LogP contribution in [0.3, 0.4) is 0 Å². The standard InChI is InChI=1S/C30H45N5O6/c1-5-19(4)25(28(38)33-24(18(2)3)30(40)41)34-26(36)22(17-20-11-7-6-8-12-20)32-27(37)23-14-10-16-35(23)29(39)21-13-9-15-31-21/h6-8,11-12,18-19,21-25,31H,5,9-10,13-17H2,1-4H3,(H,32,37)(H,33,38)(H,34,36)(H,40,41)/t19-,21-,22-,23-,24-,25-/m0/s1. The highest BCUT2D eigenvalue weighted by Gasteiger charge is 2.39. The van der Waals surface area contributed by atoms with Gasteiger partial charge in [0.15, 0.2) is 0 Å². The van der Waals surface area contributed by atoms with Crippen molar-refractivity contribution >= 4 is 29.6 Å². The fraction of sp³-hybridized carbons (Fsp3) is 0.633. The van der Waals surface area contributed by atoms with Gasteiger partial charge in [0.2, 0.25) is 23.6 Å². The van der Waals surface area contributed by atoms with Crippen LogP contribution in [0.5, 0.6) is 0 Å². The van der Waals surface area contributed by atoms with Gasteiger partial charge in [0.05, 0.1) is 6.04 Å². The second-order valence-electron chi connectivity index (χ2n) is 11.5. The van der Waals surface area contributed by atoms with Crippen molar-refractivity contribution in [3.05, 3.63) is 35.9 Å². The number of hydrogen-bond acceptors (Lipinski definition) is 6. The number of likely N-dealkylation sites (tertiary alicyclic amines) is 1. The molecule has 0 bridgehead atoms. The molecule has 1 aromatic rings. The molecule has 4 amide bonds. The Labute approximate surface area is 242 Å². The van der Waals surface area contributed by atoms with E-state index >= 15 is 0 Å². The molecular formula is C30H45N5O6. The van der Waals surface area contributed by atoms with E-state index in [0.29, 0.717) is 25.8 Å². The lowest BCUT2D eigenvalue weighted by atomic mass is 9.95. The lowest BCUT2D eigenvalue weighted by molar-refractivity contribution is -0.144. The summed E-state index contributed by atoms with van der Waals surface area (Å²) in [6.45, 7) is 8.33. The summed E-state index contributed by atoms with van der Waals surface area (Å²) in [6, 6.07) is 5.16. The van der Waals surface area contributed by atoms with Crippen LogP contribution in [-0.2, 0) is 30.4 Å². The zero-order valence-corrected chi connectivity index (χ0v) is 24.5. The van der Waals surface area contributed by atoms with Gasteiger partial charge in [-0.05, 0) is 49.6 Å². The van der Waals surface area contributed by atoms with Crippen molar-refractivity contribution in [2.45, 2.75) is 96.4 Å². The summed E-state index contributed by atoms with van der Waals surface area (Å²) in [6.07, 6.45) is 3.59. The van der Waals surface area contributed by atoms with Gasteiger partial charge in [-0.25, -0.2) is 4.79 Å². The van der Waals surface area contributed by atoms with Gasteiger partial charge in [0.25, 0.3) is 0 Å². The van der Waals surface area contributed by atoms with Crippen molar-refractivity contribution in [2.24, 2.45) is 11.8 Å². The predicted octanol–water partition coefficient (Wildman–Crippen LogP) is 1.21. The number of rotatable bonds is 13. The molecule has 5 N–H and O–H groups in total. The minimum absolute atomic E-state index is 0.0872. The lowest BCUT2D eigenvalue weighted by Gasteiger charge is -2.30. The number of carbonyl (C=O) groups excluding carboxylic acids is 4. The average molecular weight is 572 g/mol. The Morgan fingerprint density at radius 2 is 1.63 bits per heavy atom. The largest absolute Gasteiger partial charge is 0.480 e. The summed E-state index contributed by atoms with van der Waals surface area (Å²) >= 11 is 0. The molecule has 41 heavy (non-hydrogen) atoms. The second kappa shape index (κ2) is 15.0. The van der Waals surface area contributed by atoms with Crippen LogP contribution in [0.4, 0.5) is 0 Å². The van der Waals surface area contributed by atoms with E-state index in [0.717, 1.165) is 24.9 Å². The second-order valence-corrected chi connectivity index (χ2v) is 11.5. The highest BCUT2D eigenvalue weighted by Crippen LogP contribution is 2.21. The first-order valence-corrected chi connectivity index (χ1v) is 14.7.